The average molecular weight is 203 g/mol. The van der Waals surface area contributed by atoms with E-state index in [0.29, 0.717) is 5.25 Å². The molecule has 1 rings (SSSR count). The van der Waals surface area contributed by atoms with Crippen LogP contribution in [0.5, 0.6) is 0 Å². The Morgan fingerprint density at radius 3 is 2.92 bits per heavy atom. The second-order valence-electron chi connectivity index (χ2n) is 2.85. The lowest BCUT2D eigenvalue weighted by Gasteiger charge is -2.10. The molecular formula is C7H13N3S2. The molecule has 0 aromatic carbocycles. The van der Waals surface area contributed by atoms with Crippen LogP contribution in [0.3, 0.4) is 0 Å². The van der Waals surface area contributed by atoms with E-state index in [2.05, 4.69) is 16.3 Å². The Labute approximate surface area is 80.9 Å². The van der Waals surface area contributed by atoms with Gasteiger partial charge in [-0.1, -0.05) is 18.7 Å². The largest absolute Gasteiger partial charge is 0.328 e. The van der Waals surface area contributed by atoms with Gasteiger partial charge in [-0.3, -0.25) is 0 Å². The number of nitrogens with zero attached hydrogens (tertiary/aromatic N) is 2. The van der Waals surface area contributed by atoms with Gasteiger partial charge in [-0.05, 0) is 24.9 Å². The number of nitrogens with two attached hydrogens (primary N) is 1. The molecule has 0 bridgehead atoms. The highest BCUT2D eigenvalue weighted by Crippen LogP contribution is 2.25. The van der Waals surface area contributed by atoms with Crippen molar-refractivity contribution in [1.29, 1.82) is 0 Å². The topological polar surface area (TPSA) is 51.8 Å². The van der Waals surface area contributed by atoms with E-state index in [-0.39, 0.29) is 6.04 Å². The summed E-state index contributed by atoms with van der Waals surface area (Å²) in [6, 6.07) is 0.264. The Hall–Kier alpha value is -0.130. The van der Waals surface area contributed by atoms with Gasteiger partial charge in [0, 0.05) is 11.3 Å². The first-order valence-corrected chi connectivity index (χ1v) is 5.52. The summed E-state index contributed by atoms with van der Waals surface area (Å²) in [5.74, 6) is 0. The average Bonchev–Trinajstić information content (AvgIpc) is 2.37. The van der Waals surface area contributed by atoms with E-state index in [1.165, 1.54) is 11.5 Å². The maximum Gasteiger partial charge on any atom is 0.170 e. The van der Waals surface area contributed by atoms with Gasteiger partial charge in [0.25, 0.3) is 0 Å². The normalized spacial score (nSPS) is 15.9. The van der Waals surface area contributed by atoms with Gasteiger partial charge < -0.3 is 5.73 Å². The minimum absolute atomic E-state index is 0.264. The number of hydrogen-bond donors (Lipinski definition) is 1. The molecule has 3 nitrogen and oxygen atoms in total. The van der Waals surface area contributed by atoms with Crippen molar-refractivity contribution in [1.82, 2.24) is 9.36 Å². The Morgan fingerprint density at radius 1 is 1.67 bits per heavy atom. The molecule has 12 heavy (non-hydrogen) atoms. The van der Waals surface area contributed by atoms with Crippen molar-refractivity contribution in [3.63, 3.8) is 0 Å². The standard InChI is InChI=1S/C7H13N3S2/c1-5(8)3-6(2)11-7-9-4-10-12-7/h4-6H,3,8H2,1-2H3. The summed E-state index contributed by atoms with van der Waals surface area (Å²) in [5.41, 5.74) is 5.68. The highest BCUT2D eigenvalue weighted by atomic mass is 32.2. The minimum Gasteiger partial charge on any atom is -0.328 e. The monoisotopic (exact) mass is 203 g/mol. The summed E-state index contributed by atoms with van der Waals surface area (Å²) < 4.78 is 4.96. The van der Waals surface area contributed by atoms with Crippen molar-refractivity contribution < 1.29 is 0 Å². The molecule has 2 atom stereocenters. The van der Waals surface area contributed by atoms with Crippen LogP contribution in [0.15, 0.2) is 10.7 Å². The van der Waals surface area contributed by atoms with Crippen LogP contribution in [0.4, 0.5) is 0 Å². The van der Waals surface area contributed by atoms with Gasteiger partial charge in [0.1, 0.15) is 6.33 Å². The maximum atomic E-state index is 5.68. The van der Waals surface area contributed by atoms with E-state index in [4.69, 9.17) is 5.73 Å². The Bertz CT molecular complexity index is 210. The summed E-state index contributed by atoms with van der Waals surface area (Å²) in [6.45, 7) is 4.19. The molecule has 0 aliphatic rings. The van der Waals surface area contributed by atoms with Gasteiger partial charge >= 0.3 is 0 Å². The highest BCUT2D eigenvalue weighted by molar-refractivity contribution is 8.01. The second kappa shape index (κ2) is 4.79. The summed E-state index contributed by atoms with van der Waals surface area (Å²) in [4.78, 5) is 4.09. The fourth-order valence-corrected chi connectivity index (χ4v) is 2.88. The fraction of sp³-hybridized carbons (Fsp3) is 0.714. The molecular weight excluding hydrogens is 190 g/mol. The zero-order valence-corrected chi connectivity index (χ0v) is 8.86. The summed E-state index contributed by atoms with van der Waals surface area (Å²) in [6.07, 6.45) is 2.61. The number of aromatic nitrogens is 2. The molecule has 2 N–H and O–H groups in total. The van der Waals surface area contributed by atoms with Crippen LogP contribution in [0, 0.1) is 0 Å². The molecule has 2 unspecified atom stereocenters. The Balaban J connectivity index is 2.32. The van der Waals surface area contributed by atoms with Gasteiger partial charge in [0.2, 0.25) is 0 Å². The number of rotatable bonds is 4. The molecule has 0 saturated heterocycles. The molecule has 1 aromatic rings. The smallest absolute Gasteiger partial charge is 0.170 e. The van der Waals surface area contributed by atoms with Crippen LogP contribution in [0.2, 0.25) is 0 Å². The highest BCUT2D eigenvalue weighted by Gasteiger charge is 2.08. The molecule has 1 aromatic heterocycles. The van der Waals surface area contributed by atoms with E-state index in [1.54, 1.807) is 18.1 Å². The fourth-order valence-electron chi connectivity index (χ4n) is 0.959. The van der Waals surface area contributed by atoms with E-state index < -0.39 is 0 Å². The van der Waals surface area contributed by atoms with Crippen molar-refractivity contribution in [2.24, 2.45) is 5.73 Å². The summed E-state index contributed by atoms with van der Waals surface area (Å²) in [7, 11) is 0. The first-order chi connectivity index (χ1) is 5.68. The van der Waals surface area contributed by atoms with Crippen molar-refractivity contribution >= 4 is 23.3 Å². The van der Waals surface area contributed by atoms with E-state index in [0.717, 1.165) is 10.8 Å². The molecule has 0 aliphatic carbocycles. The van der Waals surface area contributed by atoms with Crippen molar-refractivity contribution in [3.05, 3.63) is 6.33 Å². The van der Waals surface area contributed by atoms with E-state index in [1.807, 2.05) is 6.92 Å². The van der Waals surface area contributed by atoms with Crippen LogP contribution < -0.4 is 5.73 Å². The van der Waals surface area contributed by atoms with Crippen LogP contribution in [0.25, 0.3) is 0 Å². The molecule has 5 heteroatoms. The van der Waals surface area contributed by atoms with Gasteiger partial charge in [0.05, 0.1) is 0 Å². The molecule has 0 amide bonds. The third-order valence-corrected chi connectivity index (χ3v) is 3.22. The van der Waals surface area contributed by atoms with Crippen molar-refractivity contribution in [2.45, 2.75) is 35.9 Å². The van der Waals surface area contributed by atoms with E-state index >= 15 is 0 Å². The van der Waals surface area contributed by atoms with Crippen LogP contribution in [0.1, 0.15) is 20.3 Å². The van der Waals surface area contributed by atoms with Crippen LogP contribution in [-0.4, -0.2) is 20.6 Å². The predicted molar refractivity (Wildman–Crippen MR) is 53.5 cm³/mol. The molecule has 0 fully saturated rings. The molecule has 68 valence electrons. The molecule has 0 aliphatic heterocycles. The van der Waals surface area contributed by atoms with Crippen molar-refractivity contribution in [3.8, 4) is 0 Å². The van der Waals surface area contributed by atoms with Gasteiger partial charge in [0.15, 0.2) is 4.34 Å². The quantitative estimate of drug-likeness (QED) is 0.758. The van der Waals surface area contributed by atoms with Gasteiger partial charge in [-0.15, -0.1) is 0 Å². The molecule has 0 spiro atoms. The SMILES string of the molecule is CC(N)CC(C)Sc1ncns1. The van der Waals surface area contributed by atoms with Gasteiger partial charge in [-0.25, -0.2) is 4.98 Å². The molecule has 1 heterocycles. The van der Waals surface area contributed by atoms with Crippen LogP contribution >= 0.6 is 23.3 Å². The zero-order valence-electron chi connectivity index (χ0n) is 7.23. The third kappa shape index (κ3) is 3.51. The molecule has 0 saturated carbocycles. The lowest BCUT2D eigenvalue weighted by Crippen LogP contribution is -2.19. The van der Waals surface area contributed by atoms with Crippen LogP contribution in [-0.2, 0) is 0 Å². The lowest BCUT2D eigenvalue weighted by molar-refractivity contribution is 0.663. The maximum absolute atomic E-state index is 5.68. The first kappa shape index (κ1) is 9.95. The molecule has 0 radical (unpaired) electrons. The summed E-state index contributed by atoms with van der Waals surface area (Å²) >= 11 is 3.18. The predicted octanol–water partition coefficient (Wildman–Crippen LogP) is 1.76. The zero-order chi connectivity index (χ0) is 8.97. The second-order valence-corrected chi connectivity index (χ2v) is 5.31. The summed E-state index contributed by atoms with van der Waals surface area (Å²) in [5, 5.41) is 0.526. The van der Waals surface area contributed by atoms with Gasteiger partial charge in [-0.2, -0.15) is 4.37 Å². The number of thioether (sulfide) groups is 1. The minimum atomic E-state index is 0.264. The van der Waals surface area contributed by atoms with Crippen molar-refractivity contribution in [2.75, 3.05) is 0 Å². The number of hydrogen-bond acceptors (Lipinski definition) is 5. The Morgan fingerprint density at radius 2 is 2.42 bits per heavy atom. The van der Waals surface area contributed by atoms with E-state index in [9.17, 15) is 0 Å². The Kier molecular flexibility index (Phi) is 3.97. The third-order valence-electron chi connectivity index (χ3n) is 1.35. The first-order valence-electron chi connectivity index (χ1n) is 3.87. The lowest BCUT2D eigenvalue weighted by atomic mass is 10.2.